The highest BCUT2D eigenvalue weighted by Gasteiger charge is 2.41. The van der Waals surface area contributed by atoms with Crippen LogP contribution in [0.15, 0.2) is 0 Å². The van der Waals surface area contributed by atoms with Gasteiger partial charge in [0, 0.05) is 25.4 Å². The van der Waals surface area contributed by atoms with Crippen LogP contribution in [0.4, 0.5) is 0 Å². The second-order valence-electron chi connectivity index (χ2n) is 4.29. The van der Waals surface area contributed by atoms with Gasteiger partial charge in [-0.05, 0) is 13.3 Å². The largest absolute Gasteiger partial charge is 0.390 e. The molecule has 1 saturated heterocycles. The van der Waals surface area contributed by atoms with Crippen molar-refractivity contribution in [3.63, 3.8) is 0 Å². The number of hydrogen-bond donors (Lipinski definition) is 3. The summed E-state index contributed by atoms with van der Waals surface area (Å²) in [6, 6.07) is 0. The number of ether oxygens (including phenoxy) is 1. The highest BCUT2D eigenvalue weighted by molar-refractivity contribution is 5.76. The van der Waals surface area contributed by atoms with Gasteiger partial charge >= 0.3 is 0 Å². The number of carbonyl (C=O) groups excluding carboxylic acids is 1. The van der Waals surface area contributed by atoms with Crippen LogP contribution in [-0.4, -0.2) is 42.4 Å². The maximum Gasteiger partial charge on any atom is 0.220 e. The number of nitrogens with one attached hydrogen (secondary N) is 1. The monoisotopic (exact) mass is 230 g/mol. The minimum atomic E-state index is -0.548. The summed E-state index contributed by atoms with van der Waals surface area (Å²) in [5, 5.41) is 12.6. The summed E-state index contributed by atoms with van der Waals surface area (Å²) < 4.78 is 5.59. The Morgan fingerprint density at radius 2 is 2.25 bits per heavy atom. The third-order valence-corrected chi connectivity index (χ3v) is 3.08. The Kier molecular flexibility index (Phi) is 5.18. The van der Waals surface area contributed by atoms with E-state index in [1.165, 1.54) is 0 Å². The second kappa shape index (κ2) is 6.18. The Bertz CT molecular complexity index is 235. The number of amides is 1. The van der Waals surface area contributed by atoms with Crippen LogP contribution in [0.3, 0.4) is 0 Å². The van der Waals surface area contributed by atoms with Gasteiger partial charge < -0.3 is 20.9 Å². The molecule has 1 fully saturated rings. The smallest absolute Gasteiger partial charge is 0.220 e. The van der Waals surface area contributed by atoms with Crippen LogP contribution < -0.4 is 11.1 Å². The number of aliphatic hydroxyl groups is 1. The molecule has 1 amide bonds. The van der Waals surface area contributed by atoms with Crippen molar-refractivity contribution in [3.05, 3.63) is 0 Å². The minimum absolute atomic E-state index is 0.0198. The third kappa shape index (κ3) is 3.17. The van der Waals surface area contributed by atoms with Gasteiger partial charge in [-0.25, -0.2) is 0 Å². The van der Waals surface area contributed by atoms with Gasteiger partial charge in [0.05, 0.1) is 18.3 Å². The van der Waals surface area contributed by atoms with Crippen LogP contribution in [0.1, 0.15) is 26.7 Å². The van der Waals surface area contributed by atoms with Gasteiger partial charge in [-0.2, -0.15) is 0 Å². The molecule has 0 aromatic heterocycles. The Morgan fingerprint density at radius 3 is 2.81 bits per heavy atom. The number of hydrogen-bond acceptors (Lipinski definition) is 4. The van der Waals surface area contributed by atoms with Crippen molar-refractivity contribution in [3.8, 4) is 0 Å². The van der Waals surface area contributed by atoms with E-state index in [1.807, 2.05) is 13.8 Å². The Hall–Kier alpha value is -0.650. The van der Waals surface area contributed by atoms with Gasteiger partial charge in [-0.1, -0.05) is 6.92 Å². The number of rotatable bonds is 5. The summed E-state index contributed by atoms with van der Waals surface area (Å²) in [6.45, 7) is 4.75. The summed E-state index contributed by atoms with van der Waals surface area (Å²) in [5.41, 5.74) is 5.30. The second-order valence-corrected chi connectivity index (χ2v) is 4.29. The lowest BCUT2D eigenvalue weighted by Crippen LogP contribution is -2.35. The van der Waals surface area contributed by atoms with Crippen molar-refractivity contribution in [1.82, 2.24) is 5.32 Å². The van der Waals surface area contributed by atoms with E-state index in [1.54, 1.807) is 0 Å². The first-order valence-electron chi connectivity index (χ1n) is 5.90. The highest BCUT2D eigenvalue weighted by Crippen LogP contribution is 2.31. The van der Waals surface area contributed by atoms with E-state index >= 15 is 0 Å². The van der Waals surface area contributed by atoms with Crippen LogP contribution in [0, 0.1) is 5.92 Å². The van der Waals surface area contributed by atoms with Crippen LogP contribution >= 0.6 is 0 Å². The molecule has 16 heavy (non-hydrogen) atoms. The number of carbonyl (C=O) groups is 1. The molecule has 0 aromatic carbocycles. The zero-order valence-electron chi connectivity index (χ0n) is 9.98. The molecule has 5 heteroatoms. The topological polar surface area (TPSA) is 84.6 Å². The molecule has 0 spiro atoms. The van der Waals surface area contributed by atoms with Gasteiger partial charge in [-0.3, -0.25) is 4.79 Å². The van der Waals surface area contributed by atoms with Crippen molar-refractivity contribution < 1.29 is 14.6 Å². The molecule has 1 aliphatic heterocycles. The molecule has 1 aliphatic rings. The normalized spacial score (nSPS) is 34.0. The van der Waals surface area contributed by atoms with Crippen molar-refractivity contribution >= 4 is 5.91 Å². The molecule has 1 rings (SSSR count). The lowest BCUT2D eigenvalue weighted by atomic mass is 9.91. The molecule has 1 heterocycles. The first-order valence-corrected chi connectivity index (χ1v) is 5.90. The minimum Gasteiger partial charge on any atom is -0.390 e. The molecule has 0 radical (unpaired) electrons. The number of aliphatic hydroxyl groups excluding tert-OH is 1. The van der Waals surface area contributed by atoms with Gasteiger partial charge in [0.1, 0.15) is 0 Å². The maximum absolute atomic E-state index is 11.5. The highest BCUT2D eigenvalue weighted by atomic mass is 16.5. The van der Waals surface area contributed by atoms with E-state index in [0.29, 0.717) is 19.5 Å². The SMILES string of the molecule is CC[C@H]1O[C@@H](C)[C@@H](O)C1CC(=O)NCCN. The quantitative estimate of drug-likeness (QED) is 0.601. The molecular weight excluding hydrogens is 208 g/mol. The fraction of sp³-hybridized carbons (Fsp3) is 0.909. The van der Waals surface area contributed by atoms with Crippen molar-refractivity contribution in [2.75, 3.05) is 13.1 Å². The van der Waals surface area contributed by atoms with Crippen molar-refractivity contribution in [2.45, 2.75) is 45.0 Å². The van der Waals surface area contributed by atoms with Gasteiger partial charge in [-0.15, -0.1) is 0 Å². The lowest BCUT2D eigenvalue weighted by molar-refractivity contribution is -0.123. The Morgan fingerprint density at radius 1 is 1.56 bits per heavy atom. The van der Waals surface area contributed by atoms with Crippen LogP contribution in [0.2, 0.25) is 0 Å². The predicted octanol–water partition coefficient (Wildman–Crippen LogP) is -0.374. The molecule has 4 atom stereocenters. The van der Waals surface area contributed by atoms with Crippen LogP contribution in [0.25, 0.3) is 0 Å². The molecule has 94 valence electrons. The standard InChI is InChI=1S/C11H22N2O3/c1-3-9-8(11(15)7(2)16-9)6-10(14)13-5-4-12/h7-9,11,15H,3-6,12H2,1-2H3,(H,13,14)/t7-,8?,9+,11+/m0/s1. The molecule has 0 bridgehead atoms. The fourth-order valence-corrected chi connectivity index (χ4v) is 2.17. The van der Waals surface area contributed by atoms with E-state index in [-0.39, 0.29) is 24.0 Å². The van der Waals surface area contributed by atoms with E-state index in [0.717, 1.165) is 6.42 Å². The summed E-state index contributed by atoms with van der Waals surface area (Å²) in [5.74, 6) is -0.163. The molecule has 4 N–H and O–H groups in total. The Labute approximate surface area is 96.3 Å². The van der Waals surface area contributed by atoms with E-state index < -0.39 is 6.10 Å². The third-order valence-electron chi connectivity index (χ3n) is 3.08. The van der Waals surface area contributed by atoms with Gasteiger partial charge in [0.25, 0.3) is 0 Å². The fourth-order valence-electron chi connectivity index (χ4n) is 2.17. The summed E-state index contributed by atoms with van der Waals surface area (Å²) in [4.78, 5) is 11.5. The first-order chi connectivity index (χ1) is 7.60. The van der Waals surface area contributed by atoms with E-state index in [9.17, 15) is 9.90 Å². The van der Waals surface area contributed by atoms with Crippen molar-refractivity contribution in [2.24, 2.45) is 11.7 Å². The average Bonchev–Trinajstić information content (AvgIpc) is 2.54. The average molecular weight is 230 g/mol. The summed E-state index contributed by atoms with van der Waals surface area (Å²) >= 11 is 0. The number of nitrogens with two attached hydrogens (primary N) is 1. The zero-order chi connectivity index (χ0) is 12.1. The van der Waals surface area contributed by atoms with E-state index in [4.69, 9.17) is 10.5 Å². The molecule has 0 aliphatic carbocycles. The Balaban J connectivity index is 2.47. The molecule has 1 unspecified atom stereocenters. The summed E-state index contributed by atoms with van der Waals surface area (Å²) in [6.07, 6.45) is 0.375. The van der Waals surface area contributed by atoms with Crippen LogP contribution in [-0.2, 0) is 9.53 Å². The van der Waals surface area contributed by atoms with Crippen LogP contribution in [0.5, 0.6) is 0 Å². The molecule has 0 saturated carbocycles. The first kappa shape index (κ1) is 13.4. The van der Waals surface area contributed by atoms with Gasteiger partial charge in [0.2, 0.25) is 5.91 Å². The van der Waals surface area contributed by atoms with E-state index in [2.05, 4.69) is 5.32 Å². The summed E-state index contributed by atoms with van der Waals surface area (Å²) in [7, 11) is 0. The molecule has 5 nitrogen and oxygen atoms in total. The van der Waals surface area contributed by atoms with Crippen molar-refractivity contribution in [1.29, 1.82) is 0 Å². The predicted molar refractivity (Wildman–Crippen MR) is 60.8 cm³/mol. The zero-order valence-corrected chi connectivity index (χ0v) is 9.98. The maximum atomic E-state index is 11.5. The van der Waals surface area contributed by atoms with Gasteiger partial charge in [0.15, 0.2) is 0 Å². The molecular formula is C11H22N2O3. The lowest BCUT2D eigenvalue weighted by Gasteiger charge is -2.18. The molecule has 0 aromatic rings.